The molecule has 0 saturated carbocycles. The van der Waals surface area contributed by atoms with Crippen LogP contribution in [0.1, 0.15) is 0 Å². The van der Waals surface area contributed by atoms with Crippen molar-refractivity contribution >= 4 is 65.8 Å². The average Bonchev–Trinajstić information content (AvgIpc) is 3.77. The molecule has 0 amide bonds. The van der Waals surface area contributed by atoms with Gasteiger partial charge in [0.15, 0.2) is 5.82 Å². The van der Waals surface area contributed by atoms with Gasteiger partial charge >= 0.3 is 0 Å². The SMILES string of the molecule is c1ccc(-c2nc(-c3ccccc3-n3c4ccccc4c4c5oc6ccccc6c5ccc43)c3c(n2)oc2ccccc23)cc1. The van der Waals surface area contributed by atoms with Gasteiger partial charge in [-0.3, -0.25) is 0 Å². The van der Waals surface area contributed by atoms with Crippen molar-refractivity contribution in [2.75, 3.05) is 0 Å². The largest absolute Gasteiger partial charge is 0.455 e. The highest BCUT2D eigenvalue weighted by Crippen LogP contribution is 2.43. The van der Waals surface area contributed by atoms with Gasteiger partial charge in [-0.25, -0.2) is 4.98 Å². The second-order valence-electron chi connectivity index (χ2n) is 11.3. The van der Waals surface area contributed by atoms with Crippen molar-refractivity contribution in [2.45, 2.75) is 0 Å². The normalized spacial score (nSPS) is 12.0. The van der Waals surface area contributed by atoms with Crippen LogP contribution >= 0.6 is 0 Å². The highest BCUT2D eigenvalue weighted by atomic mass is 16.3. The summed E-state index contributed by atoms with van der Waals surface area (Å²) in [6.07, 6.45) is 0. The molecular formula is C40H23N3O2. The van der Waals surface area contributed by atoms with Crippen LogP contribution in [0.15, 0.2) is 148 Å². The van der Waals surface area contributed by atoms with Gasteiger partial charge in [-0.05, 0) is 36.4 Å². The first kappa shape index (κ1) is 24.3. The van der Waals surface area contributed by atoms with E-state index in [1.165, 1.54) is 0 Å². The Labute approximate surface area is 256 Å². The number of aromatic nitrogens is 3. The average molecular weight is 578 g/mol. The molecule has 0 aliphatic carbocycles. The third kappa shape index (κ3) is 3.43. The second-order valence-corrected chi connectivity index (χ2v) is 11.3. The minimum atomic E-state index is 0.570. The maximum Gasteiger partial charge on any atom is 0.231 e. The van der Waals surface area contributed by atoms with Gasteiger partial charge in [0, 0.05) is 32.7 Å². The summed E-state index contributed by atoms with van der Waals surface area (Å²) in [5.74, 6) is 0.623. The molecule has 210 valence electrons. The molecule has 0 unspecified atom stereocenters. The number of furan rings is 2. The van der Waals surface area contributed by atoms with E-state index in [0.717, 1.165) is 82.6 Å². The van der Waals surface area contributed by atoms with Gasteiger partial charge in [0.05, 0.1) is 33.2 Å². The maximum absolute atomic E-state index is 6.55. The molecule has 45 heavy (non-hydrogen) atoms. The number of nitrogens with zero attached hydrogens (tertiary/aromatic N) is 3. The van der Waals surface area contributed by atoms with E-state index in [4.69, 9.17) is 18.8 Å². The van der Waals surface area contributed by atoms with E-state index in [0.29, 0.717) is 11.5 Å². The fraction of sp³-hybridized carbons (Fsp3) is 0. The van der Waals surface area contributed by atoms with E-state index < -0.39 is 0 Å². The lowest BCUT2D eigenvalue weighted by atomic mass is 10.0. The summed E-state index contributed by atoms with van der Waals surface area (Å²) in [6, 6.07) is 47.8. The molecule has 5 heteroatoms. The molecule has 4 aromatic heterocycles. The van der Waals surface area contributed by atoms with Crippen LogP contribution in [0.5, 0.6) is 0 Å². The highest BCUT2D eigenvalue weighted by Gasteiger charge is 2.23. The maximum atomic E-state index is 6.55. The zero-order valence-corrected chi connectivity index (χ0v) is 23.9. The Bertz CT molecular complexity index is 2770. The zero-order valence-electron chi connectivity index (χ0n) is 23.9. The Morgan fingerprint density at radius 2 is 1.16 bits per heavy atom. The lowest BCUT2D eigenvalue weighted by Crippen LogP contribution is -2.00. The Hall–Kier alpha value is -6.20. The van der Waals surface area contributed by atoms with Crippen LogP contribution in [-0.4, -0.2) is 14.5 Å². The number of hydrogen-bond donors (Lipinski definition) is 0. The van der Waals surface area contributed by atoms with Gasteiger partial charge in [0.2, 0.25) is 5.71 Å². The number of benzene rings is 6. The van der Waals surface area contributed by atoms with E-state index in [-0.39, 0.29) is 0 Å². The second kappa shape index (κ2) is 9.15. The minimum Gasteiger partial charge on any atom is -0.455 e. The summed E-state index contributed by atoms with van der Waals surface area (Å²) >= 11 is 0. The van der Waals surface area contributed by atoms with Gasteiger partial charge < -0.3 is 13.4 Å². The lowest BCUT2D eigenvalue weighted by molar-refractivity contribution is 0.653. The van der Waals surface area contributed by atoms with Crippen molar-refractivity contribution in [1.29, 1.82) is 0 Å². The van der Waals surface area contributed by atoms with Crippen LogP contribution in [0.4, 0.5) is 0 Å². The molecule has 0 radical (unpaired) electrons. The molecule has 0 fully saturated rings. The fourth-order valence-electron chi connectivity index (χ4n) is 6.90. The first-order chi connectivity index (χ1) is 22.3. The molecular weight excluding hydrogens is 554 g/mol. The minimum absolute atomic E-state index is 0.570. The Morgan fingerprint density at radius 3 is 2.02 bits per heavy atom. The van der Waals surface area contributed by atoms with E-state index in [1.54, 1.807) is 0 Å². The lowest BCUT2D eigenvalue weighted by Gasteiger charge is -2.15. The third-order valence-corrected chi connectivity index (χ3v) is 8.85. The number of hydrogen-bond acceptors (Lipinski definition) is 4. The molecule has 0 saturated heterocycles. The Morgan fingerprint density at radius 1 is 0.467 bits per heavy atom. The monoisotopic (exact) mass is 577 g/mol. The van der Waals surface area contributed by atoms with E-state index in [2.05, 4.69) is 83.4 Å². The van der Waals surface area contributed by atoms with E-state index >= 15 is 0 Å². The third-order valence-electron chi connectivity index (χ3n) is 8.85. The van der Waals surface area contributed by atoms with Gasteiger partial charge in [0.1, 0.15) is 16.7 Å². The van der Waals surface area contributed by atoms with Crippen molar-refractivity contribution in [3.8, 4) is 28.3 Å². The van der Waals surface area contributed by atoms with Crippen molar-refractivity contribution in [3.05, 3.63) is 140 Å². The molecule has 5 nitrogen and oxygen atoms in total. The molecule has 6 aromatic carbocycles. The Balaban J connectivity index is 1.33. The molecule has 10 rings (SSSR count). The van der Waals surface area contributed by atoms with Crippen LogP contribution in [-0.2, 0) is 0 Å². The summed E-state index contributed by atoms with van der Waals surface area (Å²) in [7, 11) is 0. The molecule has 0 bridgehead atoms. The predicted octanol–water partition coefficient (Wildman–Crippen LogP) is 10.7. The quantitative estimate of drug-likeness (QED) is 0.210. The topological polar surface area (TPSA) is 57.0 Å². The molecule has 10 aromatic rings. The van der Waals surface area contributed by atoms with Crippen LogP contribution in [0, 0.1) is 0 Å². The summed E-state index contributed by atoms with van der Waals surface area (Å²) in [5.41, 5.74) is 9.08. The van der Waals surface area contributed by atoms with Gasteiger partial charge in [-0.2, -0.15) is 4.98 Å². The van der Waals surface area contributed by atoms with Crippen molar-refractivity contribution in [1.82, 2.24) is 14.5 Å². The molecule has 0 N–H and O–H groups in total. The summed E-state index contributed by atoms with van der Waals surface area (Å²) in [4.78, 5) is 10.2. The first-order valence-corrected chi connectivity index (χ1v) is 15.0. The van der Waals surface area contributed by atoms with Gasteiger partial charge in [0.25, 0.3) is 0 Å². The molecule has 0 atom stereocenters. The fourth-order valence-corrected chi connectivity index (χ4v) is 6.90. The highest BCUT2D eigenvalue weighted by molar-refractivity contribution is 6.24. The van der Waals surface area contributed by atoms with Crippen molar-refractivity contribution in [3.63, 3.8) is 0 Å². The summed E-state index contributed by atoms with van der Waals surface area (Å²) in [5, 5.41) is 6.36. The summed E-state index contributed by atoms with van der Waals surface area (Å²) < 4.78 is 15.2. The Kier molecular flexibility index (Phi) is 4.93. The number of rotatable bonds is 3. The van der Waals surface area contributed by atoms with Crippen LogP contribution in [0.3, 0.4) is 0 Å². The van der Waals surface area contributed by atoms with Crippen LogP contribution < -0.4 is 0 Å². The molecule has 0 aliphatic rings. The van der Waals surface area contributed by atoms with Gasteiger partial charge in [-0.15, -0.1) is 0 Å². The van der Waals surface area contributed by atoms with E-state index in [9.17, 15) is 0 Å². The molecule has 4 heterocycles. The van der Waals surface area contributed by atoms with Crippen molar-refractivity contribution in [2.24, 2.45) is 0 Å². The number of fused-ring (bicyclic) bond motifs is 10. The van der Waals surface area contributed by atoms with Gasteiger partial charge in [-0.1, -0.05) is 103 Å². The zero-order chi connectivity index (χ0) is 29.5. The van der Waals surface area contributed by atoms with Crippen LogP contribution in [0.25, 0.3) is 94.1 Å². The van der Waals surface area contributed by atoms with Crippen LogP contribution in [0.2, 0.25) is 0 Å². The van der Waals surface area contributed by atoms with E-state index in [1.807, 2.05) is 60.7 Å². The van der Waals surface area contributed by atoms with Crippen molar-refractivity contribution < 1.29 is 8.83 Å². The number of para-hydroxylation sites is 4. The smallest absolute Gasteiger partial charge is 0.231 e. The molecule has 0 aliphatic heterocycles. The predicted molar refractivity (Wildman–Crippen MR) is 182 cm³/mol. The standard InChI is InChI=1S/C40H23N3O2/c1-2-12-24(13-3-1)39-41-37(36-29-17-7-11-21-34(29)45-40(36)42-39)28-16-5-9-19-31(28)43-30-18-8-4-15-27(30)35-32(43)23-22-26-25-14-6-10-20-33(25)44-38(26)35/h1-23H. The molecule has 0 spiro atoms. The summed E-state index contributed by atoms with van der Waals surface area (Å²) in [6.45, 7) is 0. The first-order valence-electron chi connectivity index (χ1n) is 15.0.